The van der Waals surface area contributed by atoms with Crippen molar-refractivity contribution in [1.82, 2.24) is 20.1 Å². The minimum Gasteiger partial charge on any atom is -0.379 e. The van der Waals surface area contributed by atoms with Gasteiger partial charge in [-0.05, 0) is 26.2 Å². The van der Waals surface area contributed by atoms with Crippen LogP contribution in [0.25, 0.3) is 0 Å². The van der Waals surface area contributed by atoms with Crippen LogP contribution in [-0.2, 0) is 11.3 Å². The highest BCUT2D eigenvalue weighted by molar-refractivity contribution is 5.94. The molecule has 1 amide bonds. The Morgan fingerprint density at radius 3 is 2.90 bits per heavy atom. The van der Waals surface area contributed by atoms with E-state index in [0.29, 0.717) is 12.1 Å². The van der Waals surface area contributed by atoms with E-state index in [1.54, 1.807) is 12.3 Å². The van der Waals surface area contributed by atoms with Crippen molar-refractivity contribution in [3.63, 3.8) is 0 Å². The van der Waals surface area contributed by atoms with Crippen molar-refractivity contribution >= 4 is 5.91 Å². The molecule has 0 aliphatic carbocycles. The number of hydrogen-bond donors (Lipinski definition) is 1. The van der Waals surface area contributed by atoms with Gasteiger partial charge in [0, 0.05) is 44.5 Å². The molecule has 1 saturated heterocycles. The quantitative estimate of drug-likeness (QED) is 0.812. The molecule has 1 N–H and O–H groups in total. The fraction of sp³-hybridized carbons (Fsp3) is 0.600. The lowest BCUT2D eigenvalue weighted by molar-refractivity contribution is 0.0383. The van der Waals surface area contributed by atoms with Gasteiger partial charge in [0.2, 0.25) is 0 Å². The minimum absolute atomic E-state index is 0.0364. The summed E-state index contributed by atoms with van der Waals surface area (Å²) in [6.45, 7) is 5.71. The average molecular weight is 292 g/mol. The number of hydrogen-bond acceptors (Lipinski definition) is 5. The summed E-state index contributed by atoms with van der Waals surface area (Å²) in [4.78, 5) is 20.7. The molecule has 1 aromatic rings. The molecule has 1 aliphatic rings. The monoisotopic (exact) mass is 292 g/mol. The molecular weight excluding hydrogens is 268 g/mol. The molecule has 0 radical (unpaired) electrons. The summed E-state index contributed by atoms with van der Waals surface area (Å²) in [7, 11) is 3.97. The maximum atomic E-state index is 12.1. The Kier molecular flexibility index (Phi) is 6.10. The normalized spacial score (nSPS) is 16.1. The van der Waals surface area contributed by atoms with Crippen LogP contribution in [0, 0.1) is 0 Å². The number of nitrogens with zero attached hydrogens (tertiary/aromatic N) is 3. The Balaban J connectivity index is 1.79. The third-order valence-corrected chi connectivity index (χ3v) is 3.37. The van der Waals surface area contributed by atoms with Crippen molar-refractivity contribution in [2.75, 3.05) is 53.5 Å². The van der Waals surface area contributed by atoms with E-state index in [2.05, 4.69) is 15.2 Å². The minimum atomic E-state index is -0.0364. The molecule has 0 atom stereocenters. The Labute approximate surface area is 126 Å². The number of aromatic nitrogens is 1. The van der Waals surface area contributed by atoms with E-state index in [1.807, 2.05) is 25.1 Å². The van der Waals surface area contributed by atoms with Crippen LogP contribution in [0.15, 0.2) is 18.3 Å². The molecule has 1 aromatic heterocycles. The molecule has 0 saturated carbocycles. The lowest BCUT2D eigenvalue weighted by Gasteiger charge is -2.26. The zero-order valence-electron chi connectivity index (χ0n) is 12.8. The van der Waals surface area contributed by atoms with Gasteiger partial charge in [0.05, 0.1) is 18.9 Å². The second kappa shape index (κ2) is 8.07. The smallest absolute Gasteiger partial charge is 0.251 e. The van der Waals surface area contributed by atoms with E-state index >= 15 is 0 Å². The Hall–Kier alpha value is -1.50. The summed E-state index contributed by atoms with van der Waals surface area (Å²) in [5.74, 6) is -0.0364. The first-order chi connectivity index (χ1) is 10.1. The van der Waals surface area contributed by atoms with E-state index < -0.39 is 0 Å². The van der Waals surface area contributed by atoms with E-state index in [4.69, 9.17) is 4.74 Å². The summed E-state index contributed by atoms with van der Waals surface area (Å²) in [5.41, 5.74) is 1.57. The Morgan fingerprint density at radius 1 is 1.43 bits per heavy atom. The van der Waals surface area contributed by atoms with Gasteiger partial charge in [-0.3, -0.25) is 14.7 Å². The number of nitrogens with one attached hydrogen (secondary N) is 1. The second-order valence-electron chi connectivity index (χ2n) is 5.48. The first-order valence-corrected chi connectivity index (χ1v) is 7.33. The van der Waals surface area contributed by atoms with Crippen molar-refractivity contribution < 1.29 is 9.53 Å². The van der Waals surface area contributed by atoms with Crippen LogP contribution >= 0.6 is 0 Å². The first kappa shape index (κ1) is 15.9. The number of carbonyl (C=O) groups excluding carboxylic acids is 1. The molecule has 2 heterocycles. The third kappa shape index (κ3) is 5.41. The largest absolute Gasteiger partial charge is 0.379 e. The molecule has 0 bridgehead atoms. The highest BCUT2D eigenvalue weighted by Gasteiger charge is 2.11. The first-order valence-electron chi connectivity index (χ1n) is 7.33. The summed E-state index contributed by atoms with van der Waals surface area (Å²) in [6.07, 6.45) is 1.69. The maximum absolute atomic E-state index is 12.1. The number of pyridine rings is 1. The molecule has 21 heavy (non-hydrogen) atoms. The van der Waals surface area contributed by atoms with Gasteiger partial charge >= 0.3 is 0 Å². The fourth-order valence-electron chi connectivity index (χ4n) is 2.28. The molecule has 1 aliphatic heterocycles. The van der Waals surface area contributed by atoms with E-state index in [0.717, 1.165) is 45.1 Å². The number of morpholine rings is 1. The fourth-order valence-corrected chi connectivity index (χ4v) is 2.28. The zero-order valence-corrected chi connectivity index (χ0v) is 12.8. The van der Waals surface area contributed by atoms with Gasteiger partial charge in [0.1, 0.15) is 0 Å². The van der Waals surface area contributed by atoms with Crippen molar-refractivity contribution in [2.45, 2.75) is 6.54 Å². The number of amides is 1. The number of rotatable bonds is 6. The van der Waals surface area contributed by atoms with Crippen molar-refractivity contribution in [3.05, 3.63) is 29.6 Å². The highest BCUT2D eigenvalue weighted by Crippen LogP contribution is 2.04. The third-order valence-electron chi connectivity index (χ3n) is 3.37. The summed E-state index contributed by atoms with van der Waals surface area (Å²) in [5, 5.41) is 2.96. The molecule has 0 aromatic carbocycles. The van der Waals surface area contributed by atoms with Gasteiger partial charge in [-0.1, -0.05) is 0 Å². The summed E-state index contributed by atoms with van der Waals surface area (Å²) in [6, 6.07) is 3.60. The Bertz CT molecular complexity index is 459. The number of ether oxygens (including phenoxy) is 1. The van der Waals surface area contributed by atoms with Crippen LogP contribution in [0.5, 0.6) is 0 Å². The Morgan fingerprint density at radius 2 is 2.19 bits per heavy atom. The van der Waals surface area contributed by atoms with E-state index in [1.165, 1.54) is 0 Å². The van der Waals surface area contributed by atoms with Crippen molar-refractivity contribution in [3.8, 4) is 0 Å². The molecule has 0 spiro atoms. The predicted molar refractivity (Wildman–Crippen MR) is 81.2 cm³/mol. The standard InChI is InChI=1S/C15H24N4O2/c1-18(2)12-14-11-13(3-4-16-14)15(20)17-5-6-19-7-9-21-10-8-19/h3-4,11H,5-10,12H2,1-2H3,(H,17,20). The molecule has 6 nitrogen and oxygen atoms in total. The molecule has 2 rings (SSSR count). The molecule has 0 unspecified atom stereocenters. The lowest BCUT2D eigenvalue weighted by atomic mass is 10.2. The van der Waals surface area contributed by atoms with Gasteiger partial charge in [0.15, 0.2) is 0 Å². The van der Waals surface area contributed by atoms with Crippen LogP contribution in [0.3, 0.4) is 0 Å². The van der Waals surface area contributed by atoms with Crippen molar-refractivity contribution in [2.24, 2.45) is 0 Å². The molecule has 6 heteroatoms. The predicted octanol–water partition coefficient (Wildman–Crippen LogP) is 0.205. The number of carbonyl (C=O) groups is 1. The van der Waals surface area contributed by atoms with Gasteiger partial charge in [-0.2, -0.15) is 0 Å². The topological polar surface area (TPSA) is 57.7 Å². The summed E-state index contributed by atoms with van der Waals surface area (Å²) >= 11 is 0. The second-order valence-corrected chi connectivity index (χ2v) is 5.48. The van der Waals surface area contributed by atoms with Gasteiger partial charge < -0.3 is 15.0 Å². The SMILES string of the molecule is CN(C)Cc1cc(C(=O)NCCN2CCOCC2)ccn1. The lowest BCUT2D eigenvalue weighted by Crippen LogP contribution is -2.41. The van der Waals surface area contributed by atoms with Crippen LogP contribution in [-0.4, -0.2) is 74.2 Å². The van der Waals surface area contributed by atoms with Crippen LogP contribution < -0.4 is 5.32 Å². The molecular formula is C15H24N4O2. The highest BCUT2D eigenvalue weighted by atomic mass is 16.5. The van der Waals surface area contributed by atoms with Crippen LogP contribution in [0.4, 0.5) is 0 Å². The van der Waals surface area contributed by atoms with Crippen LogP contribution in [0.2, 0.25) is 0 Å². The van der Waals surface area contributed by atoms with Crippen molar-refractivity contribution in [1.29, 1.82) is 0 Å². The molecule has 1 fully saturated rings. The van der Waals surface area contributed by atoms with Gasteiger partial charge in [-0.15, -0.1) is 0 Å². The zero-order chi connectivity index (χ0) is 15.1. The van der Waals surface area contributed by atoms with Crippen LogP contribution in [0.1, 0.15) is 16.1 Å². The maximum Gasteiger partial charge on any atom is 0.251 e. The molecule has 116 valence electrons. The van der Waals surface area contributed by atoms with E-state index in [-0.39, 0.29) is 5.91 Å². The van der Waals surface area contributed by atoms with E-state index in [9.17, 15) is 4.79 Å². The van der Waals surface area contributed by atoms with Gasteiger partial charge in [-0.25, -0.2) is 0 Å². The average Bonchev–Trinajstić information content (AvgIpc) is 2.48. The van der Waals surface area contributed by atoms with Gasteiger partial charge in [0.25, 0.3) is 5.91 Å². The summed E-state index contributed by atoms with van der Waals surface area (Å²) < 4.78 is 5.30.